The molecule has 2 N–H and O–H groups in total. The first-order valence-corrected chi connectivity index (χ1v) is 9.78. The van der Waals surface area contributed by atoms with E-state index in [1.54, 1.807) is 0 Å². The topological polar surface area (TPSA) is 97.0 Å². The first-order chi connectivity index (χ1) is 14.0. The number of amides is 2. The van der Waals surface area contributed by atoms with Crippen molar-refractivity contribution in [3.63, 3.8) is 0 Å². The number of rotatable bonds is 5. The lowest BCUT2D eigenvalue weighted by Gasteiger charge is -2.36. The highest BCUT2D eigenvalue weighted by molar-refractivity contribution is 7.80. The second-order valence-electron chi connectivity index (χ2n) is 6.76. The summed E-state index contributed by atoms with van der Waals surface area (Å²) in [6.45, 7) is 1.39. The van der Waals surface area contributed by atoms with Gasteiger partial charge >= 0.3 is 5.97 Å². The van der Waals surface area contributed by atoms with Crippen molar-refractivity contribution in [3.05, 3.63) is 35.6 Å². The molecule has 2 amide bonds. The van der Waals surface area contributed by atoms with Gasteiger partial charge in [-0.2, -0.15) is 0 Å². The lowest BCUT2D eigenvalue weighted by molar-refractivity contribution is -0.150. The number of piperazine rings is 1. The Morgan fingerprint density at radius 1 is 1.38 bits per heavy atom. The van der Waals surface area contributed by atoms with Crippen molar-refractivity contribution >= 4 is 35.1 Å². The molecule has 0 saturated carbocycles. The second kappa shape index (κ2) is 9.75. The molecule has 2 fully saturated rings. The first-order valence-electron chi connectivity index (χ1n) is 9.37. The number of hydrogen-bond acceptors (Lipinski definition) is 6. The number of carbonyl (C=O) groups is 3. The molecule has 0 bridgehead atoms. The van der Waals surface area contributed by atoms with Gasteiger partial charge in [0.2, 0.25) is 5.91 Å². The maximum atomic E-state index is 13.8. The van der Waals surface area contributed by atoms with E-state index in [0.29, 0.717) is 19.7 Å². The van der Waals surface area contributed by atoms with Gasteiger partial charge in [0.05, 0.1) is 18.1 Å². The summed E-state index contributed by atoms with van der Waals surface area (Å²) in [5.74, 6) is -2.36. The Kier molecular flexibility index (Phi) is 7.10. The number of nitrogens with zero attached hydrogens (tertiary/aromatic N) is 1. The summed E-state index contributed by atoms with van der Waals surface area (Å²) in [6.07, 6.45) is 1.41. The van der Waals surface area contributed by atoms with E-state index in [9.17, 15) is 18.8 Å². The van der Waals surface area contributed by atoms with Crippen molar-refractivity contribution in [1.29, 1.82) is 0 Å². The number of benzene rings is 1. The van der Waals surface area contributed by atoms with Crippen molar-refractivity contribution in [2.45, 2.75) is 31.4 Å². The molecule has 29 heavy (non-hydrogen) atoms. The molecule has 2 saturated heterocycles. The Balaban J connectivity index is 1.60. The molecule has 8 nitrogen and oxygen atoms in total. The molecule has 2 aliphatic rings. The van der Waals surface area contributed by atoms with Crippen LogP contribution in [0.5, 0.6) is 0 Å². The van der Waals surface area contributed by atoms with Gasteiger partial charge in [-0.15, -0.1) is 0 Å². The Labute approximate surface area is 172 Å². The minimum absolute atomic E-state index is 0.0509. The fourth-order valence-electron chi connectivity index (χ4n) is 3.22. The van der Waals surface area contributed by atoms with E-state index in [2.05, 4.69) is 10.6 Å². The van der Waals surface area contributed by atoms with E-state index in [1.165, 1.54) is 29.2 Å². The highest BCUT2D eigenvalue weighted by atomic mass is 32.1. The molecule has 0 aromatic heterocycles. The number of esters is 1. The zero-order valence-corrected chi connectivity index (χ0v) is 16.5. The summed E-state index contributed by atoms with van der Waals surface area (Å²) >= 11 is 5.25. The summed E-state index contributed by atoms with van der Waals surface area (Å²) in [7, 11) is 0. The smallest absolute Gasteiger partial charge is 0.308 e. The molecule has 2 heterocycles. The van der Waals surface area contributed by atoms with Gasteiger partial charge in [0.1, 0.15) is 18.5 Å². The summed E-state index contributed by atoms with van der Waals surface area (Å²) < 4.78 is 24.4. The fraction of sp³-hybridized carbons (Fsp3) is 0.474. The van der Waals surface area contributed by atoms with E-state index in [1.807, 2.05) is 0 Å². The van der Waals surface area contributed by atoms with Crippen LogP contribution in [0.1, 0.15) is 29.6 Å². The lowest BCUT2D eigenvalue weighted by Crippen LogP contribution is -2.60. The third-order valence-electron chi connectivity index (χ3n) is 4.74. The van der Waals surface area contributed by atoms with Gasteiger partial charge in [-0.25, -0.2) is 4.39 Å². The third-order valence-corrected chi connectivity index (χ3v) is 5.08. The predicted octanol–water partition coefficient (Wildman–Crippen LogP) is 0.753. The molecule has 2 aliphatic heterocycles. The van der Waals surface area contributed by atoms with E-state index in [-0.39, 0.29) is 29.8 Å². The molecular formula is C19H22FN3O5S. The molecule has 2 atom stereocenters. The minimum Gasteiger partial charge on any atom is -0.463 e. The van der Waals surface area contributed by atoms with E-state index in [4.69, 9.17) is 21.7 Å². The standard InChI is InChI=1S/C19H22FN3O5S/c20-14-6-2-1-5-13(14)17(25)22-19(29)23-8-7-21-18(26)15(23)10-16(24)28-11-12-4-3-9-27-12/h1-2,5-6,12,15H,3-4,7-11H2,(H,21,26)(H,22,25,29). The highest BCUT2D eigenvalue weighted by Gasteiger charge is 2.34. The molecule has 1 aromatic carbocycles. The minimum atomic E-state index is -0.922. The van der Waals surface area contributed by atoms with Crippen LogP contribution in [-0.2, 0) is 19.1 Å². The number of ether oxygens (including phenoxy) is 2. The molecule has 1 aromatic rings. The first kappa shape index (κ1) is 21.1. The second-order valence-corrected chi connectivity index (χ2v) is 7.15. The molecule has 2 unspecified atom stereocenters. The van der Waals surface area contributed by atoms with Crippen molar-refractivity contribution < 1.29 is 28.2 Å². The fourth-order valence-corrected chi connectivity index (χ4v) is 3.53. The third kappa shape index (κ3) is 5.48. The normalized spacial score (nSPS) is 21.4. The van der Waals surface area contributed by atoms with Gasteiger partial charge in [-0.1, -0.05) is 12.1 Å². The van der Waals surface area contributed by atoms with Gasteiger partial charge in [0, 0.05) is 19.7 Å². The van der Waals surface area contributed by atoms with Crippen LogP contribution in [0.4, 0.5) is 4.39 Å². The highest BCUT2D eigenvalue weighted by Crippen LogP contribution is 2.15. The van der Waals surface area contributed by atoms with Crippen molar-refractivity contribution in [2.75, 3.05) is 26.3 Å². The SMILES string of the molecule is O=C(CC1C(=O)NCCN1C(=S)NC(=O)c1ccccc1F)OCC1CCCO1. The Morgan fingerprint density at radius 3 is 2.90 bits per heavy atom. The van der Waals surface area contributed by atoms with Crippen LogP contribution < -0.4 is 10.6 Å². The molecule has 0 radical (unpaired) electrons. The molecular weight excluding hydrogens is 401 g/mol. The molecule has 3 rings (SSSR count). The largest absolute Gasteiger partial charge is 0.463 e. The molecule has 156 valence electrons. The predicted molar refractivity (Wildman–Crippen MR) is 105 cm³/mol. The number of hydrogen-bond donors (Lipinski definition) is 2. The number of carbonyl (C=O) groups excluding carboxylic acids is 3. The molecule has 0 spiro atoms. The zero-order valence-electron chi connectivity index (χ0n) is 15.7. The van der Waals surface area contributed by atoms with Gasteiger partial charge in [-0.3, -0.25) is 19.7 Å². The number of nitrogens with one attached hydrogen (secondary N) is 2. The van der Waals surface area contributed by atoms with Crippen LogP contribution in [0.15, 0.2) is 24.3 Å². The Hall–Kier alpha value is -2.59. The maximum Gasteiger partial charge on any atom is 0.308 e. The number of halogens is 1. The van der Waals surface area contributed by atoms with Gasteiger partial charge in [-0.05, 0) is 37.2 Å². The summed E-state index contributed by atoms with van der Waals surface area (Å²) in [5.41, 5.74) is -0.163. The maximum absolute atomic E-state index is 13.8. The van der Waals surface area contributed by atoms with Crippen LogP contribution in [-0.4, -0.2) is 66.2 Å². The van der Waals surface area contributed by atoms with E-state index in [0.717, 1.165) is 12.8 Å². The van der Waals surface area contributed by atoms with Crippen LogP contribution in [0.25, 0.3) is 0 Å². The molecule has 0 aliphatic carbocycles. The quantitative estimate of drug-likeness (QED) is 0.533. The van der Waals surface area contributed by atoms with E-state index >= 15 is 0 Å². The summed E-state index contributed by atoms with van der Waals surface area (Å²) in [4.78, 5) is 38.3. The lowest BCUT2D eigenvalue weighted by atomic mass is 10.1. The Bertz CT molecular complexity index is 800. The monoisotopic (exact) mass is 423 g/mol. The van der Waals surface area contributed by atoms with Crippen molar-refractivity contribution in [1.82, 2.24) is 15.5 Å². The van der Waals surface area contributed by atoms with Crippen LogP contribution in [0.3, 0.4) is 0 Å². The van der Waals surface area contributed by atoms with Gasteiger partial charge in [0.15, 0.2) is 5.11 Å². The van der Waals surface area contributed by atoms with E-state index < -0.39 is 29.6 Å². The zero-order chi connectivity index (χ0) is 20.8. The van der Waals surface area contributed by atoms with Crippen LogP contribution in [0, 0.1) is 5.82 Å². The average Bonchev–Trinajstić information content (AvgIpc) is 3.22. The summed E-state index contributed by atoms with van der Waals surface area (Å²) in [5, 5.41) is 5.05. The van der Waals surface area contributed by atoms with Crippen molar-refractivity contribution in [2.24, 2.45) is 0 Å². The van der Waals surface area contributed by atoms with Crippen molar-refractivity contribution in [3.8, 4) is 0 Å². The number of thiocarbonyl (C=S) groups is 1. The van der Waals surface area contributed by atoms with Gasteiger partial charge in [0.25, 0.3) is 5.91 Å². The molecule has 10 heteroatoms. The van der Waals surface area contributed by atoms with Crippen LogP contribution in [0.2, 0.25) is 0 Å². The van der Waals surface area contributed by atoms with Crippen LogP contribution >= 0.6 is 12.2 Å². The Morgan fingerprint density at radius 2 is 2.17 bits per heavy atom. The average molecular weight is 423 g/mol. The summed E-state index contributed by atoms with van der Waals surface area (Å²) in [6, 6.07) is 4.57. The van der Waals surface area contributed by atoms with Gasteiger partial charge < -0.3 is 19.7 Å².